The second-order valence-electron chi connectivity index (χ2n) is 9.50. The highest BCUT2D eigenvalue weighted by Gasteiger charge is 2.44. The van der Waals surface area contributed by atoms with Gasteiger partial charge in [0.05, 0.1) is 6.10 Å². The quantitative estimate of drug-likeness (QED) is 0.785. The highest BCUT2D eigenvalue weighted by molar-refractivity contribution is 5.96. The molecule has 1 saturated heterocycles. The molecular weight excluding hydrogens is 322 g/mol. The molecule has 144 valence electrons. The Bertz CT molecular complexity index is 616. The molecule has 1 saturated carbocycles. The van der Waals surface area contributed by atoms with E-state index in [9.17, 15) is 9.90 Å². The number of hydrogen-bond donors (Lipinski definition) is 1. The van der Waals surface area contributed by atoms with Gasteiger partial charge in [0.25, 0.3) is 0 Å². The van der Waals surface area contributed by atoms with Crippen molar-refractivity contribution >= 4 is 5.78 Å². The molecule has 1 N–H and O–H groups in total. The maximum atomic E-state index is 12.5. The van der Waals surface area contributed by atoms with Gasteiger partial charge in [0.1, 0.15) is 0 Å². The second kappa shape index (κ2) is 7.82. The number of carbonyl (C=O) groups is 1. The maximum Gasteiger partial charge on any atom is 0.162 e. The molecule has 0 bridgehead atoms. The number of benzene rings is 1. The number of hydrogen-bond acceptors (Lipinski definition) is 3. The molecule has 0 radical (unpaired) electrons. The predicted molar refractivity (Wildman–Crippen MR) is 107 cm³/mol. The minimum atomic E-state index is -0.117. The van der Waals surface area contributed by atoms with E-state index in [0.717, 1.165) is 44.5 Å². The van der Waals surface area contributed by atoms with Gasteiger partial charge in [-0.25, -0.2) is 0 Å². The number of nitrogens with zero attached hydrogens (tertiary/aromatic N) is 1. The molecule has 1 aliphatic carbocycles. The standard InChI is InChI=1S/C23H35NO2/c1-22(2,3)19-11-9-18(10-12-19)20(25)7-5-15-24-16-6-14-23(17-24)13-4-8-21(23)26/h9-12,21,26H,4-8,13-17H2,1-3H3/t21-,23-/m1/s1. The molecule has 26 heavy (non-hydrogen) atoms. The number of likely N-dealkylation sites (tertiary alicyclic amines) is 1. The van der Waals surface area contributed by atoms with E-state index in [4.69, 9.17) is 0 Å². The fourth-order valence-electron chi connectivity index (χ4n) is 4.81. The van der Waals surface area contributed by atoms with E-state index in [2.05, 4.69) is 37.8 Å². The molecule has 1 heterocycles. The van der Waals surface area contributed by atoms with Gasteiger partial charge in [0.15, 0.2) is 5.78 Å². The molecule has 0 amide bonds. The molecule has 2 atom stereocenters. The lowest BCUT2D eigenvalue weighted by atomic mass is 9.76. The summed E-state index contributed by atoms with van der Waals surface area (Å²) in [4.78, 5) is 15.0. The minimum absolute atomic E-state index is 0.117. The van der Waals surface area contributed by atoms with Gasteiger partial charge in [0, 0.05) is 23.9 Å². The van der Waals surface area contributed by atoms with Gasteiger partial charge in [-0.3, -0.25) is 4.79 Å². The SMILES string of the molecule is CC(C)(C)c1ccc(C(=O)CCCN2CCC[C@]3(CCC[C@H]3O)C2)cc1. The second-order valence-corrected chi connectivity index (χ2v) is 9.50. The third kappa shape index (κ3) is 4.37. The highest BCUT2D eigenvalue weighted by Crippen LogP contribution is 2.45. The Labute approximate surface area is 158 Å². The van der Waals surface area contributed by atoms with Gasteiger partial charge in [-0.15, -0.1) is 0 Å². The number of aliphatic hydroxyl groups excluding tert-OH is 1. The van der Waals surface area contributed by atoms with Crippen molar-refractivity contribution in [2.24, 2.45) is 5.41 Å². The van der Waals surface area contributed by atoms with Crippen LogP contribution in [0.5, 0.6) is 0 Å². The van der Waals surface area contributed by atoms with Crippen LogP contribution in [0.15, 0.2) is 24.3 Å². The van der Waals surface area contributed by atoms with Crippen LogP contribution in [0.4, 0.5) is 0 Å². The van der Waals surface area contributed by atoms with Crippen LogP contribution < -0.4 is 0 Å². The van der Waals surface area contributed by atoms with Crippen molar-refractivity contribution in [2.45, 2.75) is 77.2 Å². The number of carbonyl (C=O) groups excluding carboxylic acids is 1. The average molecular weight is 358 g/mol. The Balaban J connectivity index is 1.48. The molecular formula is C23H35NO2. The molecule has 2 fully saturated rings. The zero-order chi connectivity index (χ0) is 18.8. The topological polar surface area (TPSA) is 40.5 Å². The van der Waals surface area contributed by atoms with Crippen LogP contribution in [0.25, 0.3) is 0 Å². The first-order chi connectivity index (χ1) is 12.3. The third-order valence-corrected chi connectivity index (χ3v) is 6.50. The van der Waals surface area contributed by atoms with E-state index in [1.807, 2.05) is 12.1 Å². The van der Waals surface area contributed by atoms with Crippen LogP contribution >= 0.6 is 0 Å². The summed E-state index contributed by atoms with van der Waals surface area (Å²) in [7, 11) is 0. The lowest BCUT2D eigenvalue weighted by Gasteiger charge is -2.42. The average Bonchev–Trinajstić information content (AvgIpc) is 2.94. The Hall–Kier alpha value is -1.19. The van der Waals surface area contributed by atoms with Crippen molar-refractivity contribution in [3.63, 3.8) is 0 Å². The normalized spacial score (nSPS) is 27.2. The molecule has 3 heteroatoms. The van der Waals surface area contributed by atoms with Crippen LogP contribution in [-0.4, -0.2) is 41.5 Å². The van der Waals surface area contributed by atoms with Crippen LogP contribution in [0.3, 0.4) is 0 Å². The van der Waals surface area contributed by atoms with Gasteiger partial charge < -0.3 is 10.0 Å². The largest absolute Gasteiger partial charge is 0.393 e. The van der Waals surface area contributed by atoms with E-state index in [-0.39, 0.29) is 22.7 Å². The van der Waals surface area contributed by atoms with Gasteiger partial charge in [0.2, 0.25) is 0 Å². The zero-order valence-electron chi connectivity index (χ0n) is 16.8. The summed E-state index contributed by atoms with van der Waals surface area (Å²) in [5, 5.41) is 10.4. The molecule has 2 aliphatic rings. The molecule has 1 spiro atoms. The molecule has 3 nitrogen and oxygen atoms in total. The summed E-state index contributed by atoms with van der Waals surface area (Å²) in [5.41, 5.74) is 2.36. The third-order valence-electron chi connectivity index (χ3n) is 6.50. The molecule has 1 aliphatic heterocycles. The zero-order valence-corrected chi connectivity index (χ0v) is 16.8. The first-order valence-corrected chi connectivity index (χ1v) is 10.3. The van der Waals surface area contributed by atoms with Crippen molar-refractivity contribution in [1.82, 2.24) is 4.90 Å². The fraction of sp³-hybridized carbons (Fsp3) is 0.696. The van der Waals surface area contributed by atoms with Crippen LogP contribution in [0, 0.1) is 5.41 Å². The van der Waals surface area contributed by atoms with Gasteiger partial charge >= 0.3 is 0 Å². The number of Topliss-reactive ketones (excluding diaryl/α,β-unsaturated/α-hetero) is 1. The summed E-state index contributed by atoms with van der Waals surface area (Å²) in [6.45, 7) is 9.68. The Morgan fingerprint density at radius 2 is 1.88 bits per heavy atom. The van der Waals surface area contributed by atoms with E-state index in [1.165, 1.54) is 24.8 Å². The first-order valence-electron chi connectivity index (χ1n) is 10.3. The number of ketones is 1. The predicted octanol–water partition coefficient (Wildman–Crippen LogP) is 4.57. The molecule has 1 aromatic carbocycles. The van der Waals surface area contributed by atoms with Gasteiger partial charge in [-0.1, -0.05) is 51.5 Å². The number of rotatable bonds is 5. The summed E-state index contributed by atoms with van der Waals surface area (Å²) in [6.07, 6.45) is 7.06. The maximum absolute atomic E-state index is 12.5. The van der Waals surface area contributed by atoms with E-state index in [0.29, 0.717) is 6.42 Å². The molecule has 3 rings (SSSR count). The fourth-order valence-corrected chi connectivity index (χ4v) is 4.81. The van der Waals surface area contributed by atoms with E-state index in [1.54, 1.807) is 0 Å². The number of piperidine rings is 1. The summed E-state index contributed by atoms with van der Waals surface area (Å²) in [5.74, 6) is 0.248. The van der Waals surface area contributed by atoms with Gasteiger partial charge in [-0.2, -0.15) is 0 Å². The lowest BCUT2D eigenvalue weighted by Crippen LogP contribution is -2.47. The van der Waals surface area contributed by atoms with Crippen molar-refractivity contribution < 1.29 is 9.90 Å². The number of aliphatic hydroxyl groups is 1. The Morgan fingerprint density at radius 3 is 2.50 bits per heavy atom. The summed E-state index contributed by atoms with van der Waals surface area (Å²) in [6, 6.07) is 8.13. The van der Waals surface area contributed by atoms with Crippen molar-refractivity contribution in [3.05, 3.63) is 35.4 Å². The summed E-state index contributed by atoms with van der Waals surface area (Å²) >= 11 is 0. The molecule has 0 unspecified atom stereocenters. The monoisotopic (exact) mass is 357 g/mol. The van der Waals surface area contributed by atoms with Gasteiger partial charge in [-0.05, 0) is 56.2 Å². The van der Waals surface area contributed by atoms with Crippen molar-refractivity contribution in [3.8, 4) is 0 Å². The van der Waals surface area contributed by atoms with Crippen LogP contribution in [0.1, 0.15) is 81.6 Å². The smallest absolute Gasteiger partial charge is 0.162 e. The van der Waals surface area contributed by atoms with Crippen LogP contribution in [-0.2, 0) is 5.41 Å². The Morgan fingerprint density at radius 1 is 1.19 bits per heavy atom. The lowest BCUT2D eigenvalue weighted by molar-refractivity contribution is -0.00971. The van der Waals surface area contributed by atoms with Crippen molar-refractivity contribution in [1.29, 1.82) is 0 Å². The van der Waals surface area contributed by atoms with E-state index >= 15 is 0 Å². The Kier molecular flexibility index (Phi) is 5.88. The summed E-state index contributed by atoms with van der Waals surface area (Å²) < 4.78 is 0. The molecule has 1 aromatic rings. The van der Waals surface area contributed by atoms with Crippen molar-refractivity contribution in [2.75, 3.05) is 19.6 Å². The van der Waals surface area contributed by atoms with E-state index < -0.39 is 0 Å². The molecule has 0 aromatic heterocycles. The van der Waals surface area contributed by atoms with Crippen LogP contribution in [0.2, 0.25) is 0 Å². The highest BCUT2D eigenvalue weighted by atomic mass is 16.3. The minimum Gasteiger partial charge on any atom is -0.393 e. The first kappa shape index (κ1) is 19.6.